The van der Waals surface area contributed by atoms with Gasteiger partial charge in [-0.1, -0.05) is 31.9 Å². The van der Waals surface area contributed by atoms with Gasteiger partial charge in [-0.05, 0) is 43.4 Å². The first kappa shape index (κ1) is 12.4. The van der Waals surface area contributed by atoms with E-state index < -0.39 is 0 Å². The molecule has 0 aromatic heterocycles. The van der Waals surface area contributed by atoms with Crippen molar-refractivity contribution >= 4 is 0 Å². The van der Waals surface area contributed by atoms with Crippen LogP contribution in [0.4, 0.5) is 0 Å². The fourth-order valence-electron chi connectivity index (χ4n) is 2.83. The SMILES string of the molecule is CCOc1ccc(C2(N)CCCCC2C)cc1. The first-order chi connectivity index (χ1) is 8.16. The van der Waals surface area contributed by atoms with Gasteiger partial charge in [-0.15, -0.1) is 0 Å². The van der Waals surface area contributed by atoms with Crippen molar-refractivity contribution in [2.45, 2.75) is 45.1 Å². The van der Waals surface area contributed by atoms with Crippen LogP contribution in [0.2, 0.25) is 0 Å². The molecule has 0 heterocycles. The van der Waals surface area contributed by atoms with Gasteiger partial charge in [0, 0.05) is 5.54 Å². The topological polar surface area (TPSA) is 35.2 Å². The highest BCUT2D eigenvalue weighted by atomic mass is 16.5. The third-order valence-corrected chi connectivity index (χ3v) is 4.06. The molecule has 1 aromatic rings. The highest BCUT2D eigenvalue weighted by Gasteiger charge is 2.35. The van der Waals surface area contributed by atoms with Gasteiger partial charge in [-0.25, -0.2) is 0 Å². The number of benzene rings is 1. The van der Waals surface area contributed by atoms with Gasteiger partial charge in [0.25, 0.3) is 0 Å². The lowest BCUT2D eigenvalue weighted by Crippen LogP contribution is -2.45. The third kappa shape index (κ3) is 2.47. The van der Waals surface area contributed by atoms with E-state index in [1.54, 1.807) is 0 Å². The molecular weight excluding hydrogens is 210 g/mol. The van der Waals surface area contributed by atoms with Crippen molar-refractivity contribution < 1.29 is 4.74 Å². The number of hydrogen-bond donors (Lipinski definition) is 1. The van der Waals surface area contributed by atoms with E-state index in [0.29, 0.717) is 12.5 Å². The molecule has 1 aliphatic carbocycles. The zero-order valence-corrected chi connectivity index (χ0v) is 10.9. The minimum atomic E-state index is -0.136. The number of rotatable bonds is 3. The average molecular weight is 233 g/mol. The van der Waals surface area contributed by atoms with E-state index in [1.807, 2.05) is 19.1 Å². The molecule has 1 saturated carbocycles. The van der Waals surface area contributed by atoms with Crippen LogP contribution in [-0.2, 0) is 5.54 Å². The van der Waals surface area contributed by atoms with Crippen LogP contribution in [0.5, 0.6) is 5.75 Å². The molecule has 2 unspecified atom stereocenters. The van der Waals surface area contributed by atoms with Crippen molar-refractivity contribution in [2.24, 2.45) is 11.7 Å². The smallest absolute Gasteiger partial charge is 0.119 e. The van der Waals surface area contributed by atoms with E-state index in [2.05, 4.69) is 19.1 Å². The first-order valence-electron chi connectivity index (χ1n) is 6.69. The molecule has 94 valence electrons. The van der Waals surface area contributed by atoms with Crippen LogP contribution in [0.25, 0.3) is 0 Å². The molecule has 0 bridgehead atoms. The monoisotopic (exact) mass is 233 g/mol. The molecule has 1 aliphatic rings. The molecule has 0 aliphatic heterocycles. The second-order valence-corrected chi connectivity index (χ2v) is 5.14. The van der Waals surface area contributed by atoms with E-state index in [-0.39, 0.29) is 5.54 Å². The van der Waals surface area contributed by atoms with E-state index in [0.717, 1.165) is 12.2 Å². The molecule has 2 rings (SSSR count). The molecule has 2 atom stereocenters. The summed E-state index contributed by atoms with van der Waals surface area (Å²) in [7, 11) is 0. The second kappa shape index (κ2) is 5.09. The molecule has 2 heteroatoms. The fraction of sp³-hybridized carbons (Fsp3) is 0.600. The summed E-state index contributed by atoms with van der Waals surface area (Å²) in [6.07, 6.45) is 4.90. The van der Waals surface area contributed by atoms with Gasteiger partial charge in [0.1, 0.15) is 5.75 Å². The maximum absolute atomic E-state index is 6.61. The lowest BCUT2D eigenvalue weighted by Gasteiger charge is -2.40. The van der Waals surface area contributed by atoms with Crippen LogP contribution in [0.3, 0.4) is 0 Å². The quantitative estimate of drug-likeness (QED) is 0.868. The predicted octanol–water partition coefficient (Wildman–Crippen LogP) is 3.45. The van der Waals surface area contributed by atoms with E-state index in [1.165, 1.54) is 24.8 Å². The Labute approximate surface area is 104 Å². The van der Waals surface area contributed by atoms with Crippen molar-refractivity contribution in [1.29, 1.82) is 0 Å². The normalized spacial score (nSPS) is 29.0. The maximum Gasteiger partial charge on any atom is 0.119 e. The summed E-state index contributed by atoms with van der Waals surface area (Å²) in [4.78, 5) is 0. The van der Waals surface area contributed by atoms with Crippen molar-refractivity contribution in [3.05, 3.63) is 29.8 Å². The minimum absolute atomic E-state index is 0.136. The lowest BCUT2D eigenvalue weighted by molar-refractivity contribution is 0.206. The lowest BCUT2D eigenvalue weighted by atomic mass is 9.70. The number of ether oxygens (including phenoxy) is 1. The Morgan fingerprint density at radius 3 is 2.59 bits per heavy atom. The van der Waals surface area contributed by atoms with E-state index in [9.17, 15) is 0 Å². The van der Waals surface area contributed by atoms with E-state index >= 15 is 0 Å². The van der Waals surface area contributed by atoms with Gasteiger partial charge in [0.15, 0.2) is 0 Å². The molecule has 0 radical (unpaired) electrons. The Hall–Kier alpha value is -1.02. The summed E-state index contributed by atoms with van der Waals surface area (Å²) in [5.74, 6) is 1.50. The molecule has 0 amide bonds. The number of hydrogen-bond acceptors (Lipinski definition) is 2. The molecular formula is C15H23NO. The predicted molar refractivity (Wildman–Crippen MR) is 71.1 cm³/mol. The Morgan fingerprint density at radius 2 is 2.00 bits per heavy atom. The van der Waals surface area contributed by atoms with Gasteiger partial charge in [0.05, 0.1) is 6.61 Å². The Balaban J connectivity index is 2.20. The van der Waals surface area contributed by atoms with Gasteiger partial charge >= 0.3 is 0 Å². The molecule has 1 aromatic carbocycles. The highest BCUT2D eigenvalue weighted by Crippen LogP contribution is 2.39. The maximum atomic E-state index is 6.61. The van der Waals surface area contributed by atoms with Crippen LogP contribution in [0, 0.1) is 5.92 Å². The van der Waals surface area contributed by atoms with Crippen LogP contribution in [-0.4, -0.2) is 6.61 Å². The van der Waals surface area contributed by atoms with E-state index in [4.69, 9.17) is 10.5 Å². The molecule has 2 N–H and O–H groups in total. The largest absolute Gasteiger partial charge is 0.494 e. The number of nitrogens with two attached hydrogens (primary N) is 1. The second-order valence-electron chi connectivity index (χ2n) is 5.14. The van der Waals surface area contributed by atoms with Gasteiger partial charge in [0.2, 0.25) is 0 Å². The van der Waals surface area contributed by atoms with Crippen molar-refractivity contribution in [3.63, 3.8) is 0 Å². The van der Waals surface area contributed by atoms with Crippen LogP contribution >= 0.6 is 0 Å². The molecule has 0 spiro atoms. The zero-order chi connectivity index (χ0) is 12.3. The standard InChI is InChI=1S/C15H23NO/c1-3-17-14-9-7-13(8-10-14)15(16)11-5-4-6-12(15)2/h7-10,12H,3-6,11,16H2,1-2H3. The zero-order valence-electron chi connectivity index (χ0n) is 10.9. The van der Waals surface area contributed by atoms with Crippen LogP contribution < -0.4 is 10.5 Å². The van der Waals surface area contributed by atoms with Crippen molar-refractivity contribution in [1.82, 2.24) is 0 Å². The first-order valence-corrected chi connectivity index (χ1v) is 6.69. The summed E-state index contributed by atoms with van der Waals surface area (Å²) in [6, 6.07) is 8.34. The van der Waals surface area contributed by atoms with Crippen LogP contribution in [0.1, 0.15) is 45.1 Å². The molecule has 0 saturated heterocycles. The third-order valence-electron chi connectivity index (χ3n) is 4.06. The van der Waals surface area contributed by atoms with Gasteiger partial charge in [-0.3, -0.25) is 0 Å². The molecule has 17 heavy (non-hydrogen) atoms. The van der Waals surface area contributed by atoms with Gasteiger partial charge < -0.3 is 10.5 Å². The average Bonchev–Trinajstić information content (AvgIpc) is 2.34. The minimum Gasteiger partial charge on any atom is -0.494 e. The molecule has 2 nitrogen and oxygen atoms in total. The van der Waals surface area contributed by atoms with Crippen molar-refractivity contribution in [3.8, 4) is 5.75 Å². The Morgan fingerprint density at radius 1 is 1.29 bits per heavy atom. The Bertz CT molecular complexity index is 360. The summed E-state index contributed by atoms with van der Waals surface area (Å²) in [5.41, 5.74) is 7.73. The summed E-state index contributed by atoms with van der Waals surface area (Å²) >= 11 is 0. The van der Waals surface area contributed by atoms with Crippen molar-refractivity contribution in [2.75, 3.05) is 6.61 Å². The Kier molecular flexibility index (Phi) is 3.72. The highest BCUT2D eigenvalue weighted by molar-refractivity contribution is 5.32. The van der Waals surface area contributed by atoms with Crippen LogP contribution in [0.15, 0.2) is 24.3 Å². The summed E-state index contributed by atoms with van der Waals surface area (Å²) in [5, 5.41) is 0. The summed E-state index contributed by atoms with van der Waals surface area (Å²) in [6.45, 7) is 4.99. The van der Waals surface area contributed by atoms with Gasteiger partial charge in [-0.2, -0.15) is 0 Å². The summed E-state index contributed by atoms with van der Waals surface area (Å²) < 4.78 is 5.47. The fourth-order valence-corrected chi connectivity index (χ4v) is 2.83. The molecule has 1 fully saturated rings.